The van der Waals surface area contributed by atoms with Crippen molar-refractivity contribution in [2.45, 2.75) is 49.1 Å². The molecule has 0 unspecified atom stereocenters. The molecular weight excluding hydrogens is 384 g/mol. The van der Waals surface area contributed by atoms with Crippen LogP contribution in [0.1, 0.15) is 43.7 Å². The maximum Gasteiger partial charge on any atom is 0.241 e. The molecule has 1 amide bonds. The molecule has 1 aliphatic rings. The van der Waals surface area contributed by atoms with Gasteiger partial charge in [0.2, 0.25) is 15.9 Å². The lowest BCUT2D eigenvalue weighted by Crippen LogP contribution is -2.37. The lowest BCUT2D eigenvalue weighted by Gasteiger charge is -2.20. The standard InChI is InChI=1S/C20H23ClN2O3S/c21-16-12-10-15(11-13-16)19(14-20(24)22-17-6-4-5-7-17)23-27(25,26)18-8-2-1-3-9-18/h1-3,8-13,17,19,23H,4-7,14H2,(H,22,24)/t19-/m0/s1. The first-order valence-corrected chi connectivity index (χ1v) is 10.9. The SMILES string of the molecule is O=C(C[C@H](NS(=O)(=O)c1ccccc1)c1ccc(Cl)cc1)NC1CCCC1. The van der Waals surface area contributed by atoms with Crippen molar-refractivity contribution in [1.29, 1.82) is 0 Å². The van der Waals surface area contributed by atoms with Gasteiger partial charge >= 0.3 is 0 Å². The summed E-state index contributed by atoms with van der Waals surface area (Å²) in [7, 11) is -3.75. The lowest BCUT2D eigenvalue weighted by atomic mass is 10.0. The number of nitrogens with one attached hydrogen (secondary N) is 2. The maximum atomic E-state index is 12.7. The molecule has 144 valence electrons. The Labute approximate surface area is 165 Å². The van der Waals surface area contributed by atoms with E-state index in [-0.39, 0.29) is 23.3 Å². The van der Waals surface area contributed by atoms with E-state index in [1.54, 1.807) is 42.5 Å². The van der Waals surface area contributed by atoms with Crippen molar-refractivity contribution in [2.24, 2.45) is 0 Å². The summed E-state index contributed by atoms with van der Waals surface area (Å²) in [5.74, 6) is -0.155. The van der Waals surface area contributed by atoms with Crippen LogP contribution < -0.4 is 10.0 Å². The van der Waals surface area contributed by atoms with Crippen molar-refractivity contribution in [3.05, 3.63) is 65.2 Å². The van der Waals surface area contributed by atoms with E-state index in [1.807, 2.05) is 0 Å². The van der Waals surface area contributed by atoms with E-state index in [2.05, 4.69) is 10.0 Å². The van der Waals surface area contributed by atoms with E-state index in [0.717, 1.165) is 25.7 Å². The Hall–Kier alpha value is -1.89. The second kappa shape index (κ2) is 8.87. The molecular formula is C20H23ClN2O3S. The van der Waals surface area contributed by atoms with Gasteiger partial charge < -0.3 is 5.32 Å². The molecule has 1 aliphatic carbocycles. The zero-order valence-electron chi connectivity index (χ0n) is 14.9. The van der Waals surface area contributed by atoms with E-state index in [9.17, 15) is 13.2 Å². The molecule has 1 atom stereocenters. The summed E-state index contributed by atoms with van der Waals surface area (Å²) in [4.78, 5) is 12.7. The first-order valence-electron chi connectivity index (χ1n) is 9.06. The van der Waals surface area contributed by atoms with Gasteiger partial charge in [-0.05, 0) is 42.7 Å². The summed E-state index contributed by atoms with van der Waals surface area (Å²) in [6, 6.07) is 14.5. The topological polar surface area (TPSA) is 75.3 Å². The molecule has 27 heavy (non-hydrogen) atoms. The fourth-order valence-corrected chi connectivity index (χ4v) is 4.69. The number of amides is 1. The van der Waals surface area contributed by atoms with Crippen molar-refractivity contribution in [3.63, 3.8) is 0 Å². The average Bonchev–Trinajstić information content (AvgIpc) is 3.15. The quantitative estimate of drug-likeness (QED) is 0.734. The molecule has 1 saturated carbocycles. The summed E-state index contributed by atoms with van der Waals surface area (Å²) in [6.07, 6.45) is 4.22. The molecule has 2 aromatic carbocycles. The number of halogens is 1. The van der Waals surface area contributed by atoms with Crippen LogP contribution in [0.4, 0.5) is 0 Å². The van der Waals surface area contributed by atoms with Crippen molar-refractivity contribution < 1.29 is 13.2 Å². The van der Waals surface area contributed by atoms with Crippen LogP contribution in [0, 0.1) is 0 Å². The van der Waals surface area contributed by atoms with Gasteiger partial charge in [-0.25, -0.2) is 13.1 Å². The molecule has 0 heterocycles. The highest BCUT2D eigenvalue weighted by Crippen LogP contribution is 2.23. The number of hydrogen-bond acceptors (Lipinski definition) is 3. The molecule has 5 nitrogen and oxygen atoms in total. The van der Waals surface area contributed by atoms with Gasteiger partial charge in [0.15, 0.2) is 0 Å². The minimum atomic E-state index is -3.75. The number of carbonyl (C=O) groups is 1. The fraction of sp³-hybridized carbons (Fsp3) is 0.350. The van der Waals surface area contributed by atoms with Gasteiger partial charge in [-0.1, -0.05) is 54.8 Å². The first kappa shape index (κ1) is 19.9. The molecule has 0 aliphatic heterocycles. The van der Waals surface area contributed by atoms with E-state index >= 15 is 0 Å². The number of carbonyl (C=O) groups excluding carboxylic acids is 1. The highest BCUT2D eigenvalue weighted by molar-refractivity contribution is 7.89. The van der Waals surface area contributed by atoms with Gasteiger partial charge in [-0.3, -0.25) is 4.79 Å². The predicted octanol–water partition coefficient (Wildman–Crippen LogP) is 3.81. The number of sulfonamides is 1. The average molecular weight is 407 g/mol. The second-order valence-electron chi connectivity index (χ2n) is 6.79. The zero-order chi connectivity index (χ0) is 19.3. The summed E-state index contributed by atoms with van der Waals surface area (Å²) < 4.78 is 28.1. The van der Waals surface area contributed by atoms with Crippen LogP contribution in [0.25, 0.3) is 0 Å². The predicted molar refractivity (Wildman–Crippen MR) is 106 cm³/mol. The summed E-state index contributed by atoms with van der Waals surface area (Å²) in [5.41, 5.74) is 0.695. The largest absolute Gasteiger partial charge is 0.353 e. The molecule has 0 aromatic heterocycles. The van der Waals surface area contributed by atoms with Gasteiger partial charge in [0.1, 0.15) is 0 Å². The van der Waals surface area contributed by atoms with Crippen LogP contribution in [0.15, 0.2) is 59.5 Å². The van der Waals surface area contributed by atoms with E-state index in [1.165, 1.54) is 12.1 Å². The van der Waals surface area contributed by atoms with Crippen LogP contribution in [-0.4, -0.2) is 20.4 Å². The Morgan fingerprint density at radius 3 is 2.30 bits per heavy atom. The van der Waals surface area contributed by atoms with Gasteiger partial charge in [-0.2, -0.15) is 0 Å². The maximum absolute atomic E-state index is 12.7. The van der Waals surface area contributed by atoms with Crippen LogP contribution >= 0.6 is 11.6 Å². The summed E-state index contributed by atoms with van der Waals surface area (Å²) in [6.45, 7) is 0. The van der Waals surface area contributed by atoms with E-state index in [0.29, 0.717) is 10.6 Å². The monoisotopic (exact) mass is 406 g/mol. The van der Waals surface area contributed by atoms with Crippen molar-refractivity contribution in [2.75, 3.05) is 0 Å². The lowest BCUT2D eigenvalue weighted by molar-refractivity contribution is -0.122. The summed E-state index contributed by atoms with van der Waals surface area (Å²) >= 11 is 5.95. The Kier molecular flexibility index (Phi) is 6.52. The molecule has 0 spiro atoms. The molecule has 0 bridgehead atoms. The molecule has 2 N–H and O–H groups in total. The van der Waals surface area contributed by atoms with Gasteiger partial charge in [0.05, 0.1) is 10.9 Å². The van der Waals surface area contributed by atoms with Gasteiger partial charge in [-0.15, -0.1) is 0 Å². The van der Waals surface area contributed by atoms with Gasteiger partial charge in [0.25, 0.3) is 0 Å². The minimum Gasteiger partial charge on any atom is -0.353 e. The van der Waals surface area contributed by atoms with E-state index in [4.69, 9.17) is 11.6 Å². The molecule has 0 saturated heterocycles. The highest BCUT2D eigenvalue weighted by Gasteiger charge is 2.25. The molecule has 2 aromatic rings. The van der Waals surface area contributed by atoms with Crippen LogP contribution in [0.3, 0.4) is 0 Å². The van der Waals surface area contributed by atoms with Crippen LogP contribution in [0.5, 0.6) is 0 Å². The van der Waals surface area contributed by atoms with Crippen molar-refractivity contribution in [1.82, 2.24) is 10.0 Å². The molecule has 1 fully saturated rings. The normalized spacial score (nSPS) is 16.2. The molecule has 0 radical (unpaired) electrons. The van der Waals surface area contributed by atoms with E-state index < -0.39 is 16.1 Å². The Morgan fingerprint density at radius 1 is 1.04 bits per heavy atom. The Morgan fingerprint density at radius 2 is 1.67 bits per heavy atom. The number of benzene rings is 2. The van der Waals surface area contributed by atoms with Crippen LogP contribution in [0.2, 0.25) is 5.02 Å². The summed E-state index contributed by atoms with van der Waals surface area (Å²) in [5, 5.41) is 3.57. The molecule has 3 rings (SSSR count). The third kappa shape index (κ3) is 5.54. The fourth-order valence-electron chi connectivity index (χ4n) is 3.32. The third-order valence-electron chi connectivity index (χ3n) is 4.73. The first-order chi connectivity index (χ1) is 12.9. The highest BCUT2D eigenvalue weighted by atomic mass is 35.5. The third-order valence-corrected chi connectivity index (χ3v) is 6.47. The number of hydrogen-bond donors (Lipinski definition) is 2. The second-order valence-corrected chi connectivity index (χ2v) is 8.94. The van der Waals surface area contributed by atoms with Crippen molar-refractivity contribution in [3.8, 4) is 0 Å². The number of rotatable bonds is 7. The Bertz CT molecular complexity index is 864. The molecule has 7 heteroatoms. The van der Waals surface area contributed by atoms with Gasteiger partial charge in [0, 0.05) is 17.5 Å². The zero-order valence-corrected chi connectivity index (χ0v) is 16.5. The Balaban J connectivity index is 1.79. The van der Waals surface area contributed by atoms with Crippen LogP contribution in [-0.2, 0) is 14.8 Å². The smallest absolute Gasteiger partial charge is 0.241 e. The minimum absolute atomic E-state index is 0.0319. The van der Waals surface area contributed by atoms with Crippen molar-refractivity contribution >= 4 is 27.5 Å².